The molecule has 0 radical (unpaired) electrons. The van der Waals surface area contributed by atoms with Gasteiger partial charge in [-0.05, 0) is 19.5 Å². The number of rotatable bonds is 8. The number of hydrogen-bond acceptors (Lipinski definition) is 8. The molecule has 3 aromatic rings. The number of ether oxygens (including phenoxy) is 2. The van der Waals surface area contributed by atoms with Crippen LogP contribution in [-0.2, 0) is 4.74 Å². The number of halogens is 1. The van der Waals surface area contributed by atoms with Gasteiger partial charge in [-0.2, -0.15) is 10.4 Å². The highest BCUT2D eigenvalue weighted by atomic mass is 19.1. The Morgan fingerprint density at radius 2 is 2.23 bits per heavy atom. The maximum Gasteiger partial charge on any atom is 0.157 e. The standard InChI is InChI=1S/C21H24FN7O2/c1-4-14(8-24-2)26-21-12(7-23)5-15(22)20(27-21)16-9-25-18-6-17(30-3)19(28-29(16)18)13-10-31-11-13/h5-6,9,13-14,24H,4,8,10-11H2,1-3H3,(H,26,27)/t14-/m1/s1. The Hall–Kier alpha value is -3.29. The van der Waals surface area contributed by atoms with E-state index in [0.717, 1.165) is 12.1 Å². The fraction of sp³-hybridized carbons (Fsp3) is 0.429. The quantitative estimate of drug-likeness (QED) is 0.566. The molecule has 0 spiro atoms. The molecular weight excluding hydrogens is 401 g/mol. The molecule has 1 aliphatic rings. The Bertz CT molecular complexity index is 1140. The first-order valence-corrected chi connectivity index (χ1v) is 10.1. The minimum absolute atomic E-state index is 0.0395. The Labute approximate surface area is 179 Å². The van der Waals surface area contributed by atoms with Crippen LogP contribution in [0.2, 0.25) is 0 Å². The number of nitrogens with one attached hydrogen (secondary N) is 2. The Kier molecular flexibility index (Phi) is 5.97. The molecule has 0 bridgehead atoms. The highest BCUT2D eigenvalue weighted by molar-refractivity contribution is 5.66. The summed E-state index contributed by atoms with van der Waals surface area (Å²) in [6.07, 6.45) is 2.33. The summed E-state index contributed by atoms with van der Waals surface area (Å²) in [4.78, 5) is 8.82. The van der Waals surface area contributed by atoms with Crippen molar-refractivity contribution in [3.05, 3.63) is 35.4 Å². The van der Waals surface area contributed by atoms with E-state index in [1.54, 1.807) is 17.7 Å². The number of aromatic nitrogens is 4. The molecule has 4 rings (SSSR count). The maximum atomic E-state index is 15.0. The van der Waals surface area contributed by atoms with Crippen molar-refractivity contribution < 1.29 is 13.9 Å². The molecule has 0 unspecified atom stereocenters. The van der Waals surface area contributed by atoms with Gasteiger partial charge in [-0.3, -0.25) is 0 Å². The summed E-state index contributed by atoms with van der Waals surface area (Å²) in [5.41, 5.74) is 1.85. The molecule has 2 N–H and O–H groups in total. The zero-order valence-corrected chi connectivity index (χ0v) is 17.6. The number of pyridine rings is 1. The summed E-state index contributed by atoms with van der Waals surface area (Å²) in [5.74, 6) is 0.442. The van der Waals surface area contributed by atoms with E-state index >= 15 is 0 Å². The second kappa shape index (κ2) is 8.83. The van der Waals surface area contributed by atoms with Crippen LogP contribution >= 0.6 is 0 Å². The van der Waals surface area contributed by atoms with Crippen LogP contribution < -0.4 is 15.4 Å². The third-order valence-corrected chi connectivity index (χ3v) is 5.35. The molecule has 162 valence electrons. The molecule has 1 atom stereocenters. The normalized spacial score (nSPS) is 14.8. The highest BCUT2D eigenvalue weighted by Gasteiger charge is 2.28. The van der Waals surface area contributed by atoms with Crippen LogP contribution in [0.4, 0.5) is 10.2 Å². The van der Waals surface area contributed by atoms with E-state index in [9.17, 15) is 9.65 Å². The van der Waals surface area contributed by atoms with Crippen LogP contribution in [0.15, 0.2) is 18.3 Å². The lowest BCUT2D eigenvalue weighted by molar-refractivity contribution is 0.00530. The van der Waals surface area contributed by atoms with Gasteiger partial charge < -0.3 is 20.1 Å². The molecule has 3 aromatic heterocycles. The van der Waals surface area contributed by atoms with Gasteiger partial charge in [0.25, 0.3) is 0 Å². The SMILES string of the molecule is CC[C@H](CNC)Nc1nc(-c2cnc3cc(OC)c(C4COC4)nn23)c(F)cc1C#N. The number of fused-ring (bicyclic) bond motifs is 1. The zero-order valence-electron chi connectivity index (χ0n) is 17.6. The molecule has 9 nitrogen and oxygen atoms in total. The monoisotopic (exact) mass is 425 g/mol. The molecule has 0 aromatic carbocycles. The van der Waals surface area contributed by atoms with Crippen molar-refractivity contribution >= 4 is 11.5 Å². The lowest BCUT2D eigenvalue weighted by Gasteiger charge is -2.26. The van der Waals surface area contributed by atoms with Crippen molar-refractivity contribution in [2.24, 2.45) is 0 Å². The number of methoxy groups -OCH3 is 1. The summed E-state index contributed by atoms with van der Waals surface area (Å²) in [7, 11) is 3.43. The van der Waals surface area contributed by atoms with E-state index < -0.39 is 5.82 Å². The van der Waals surface area contributed by atoms with Crippen molar-refractivity contribution in [2.75, 3.05) is 39.2 Å². The maximum absolute atomic E-state index is 15.0. The van der Waals surface area contributed by atoms with E-state index in [1.807, 2.05) is 20.0 Å². The van der Waals surface area contributed by atoms with Crippen molar-refractivity contribution in [1.29, 1.82) is 5.26 Å². The first-order valence-electron chi connectivity index (χ1n) is 10.1. The summed E-state index contributed by atoms with van der Waals surface area (Å²) in [5, 5.41) is 20.5. The second-order valence-electron chi connectivity index (χ2n) is 7.38. The predicted octanol–water partition coefficient (Wildman–Crippen LogP) is 2.33. The number of likely N-dealkylation sites (N-methyl/N-ethyl adjacent to an activating group) is 1. The number of imidazole rings is 1. The topological polar surface area (TPSA) is 109 Å². The van der Waals surface area contributed by atoms with E-state index in [1.165, 1.54) is 12.3 Å². The third-order valence-electron chi connectivity index (χ3n) is 5.35. The van der Waals surface area contributed by atoms with E-state index in [-0.39, 0.29) is 23.2 Å². The minimum Gasteiger partial charge on any atom is -0.495 e. The number of anilines is 1. The van der Waals surface area contributed by atoms with Crippen LogP contribution in [0.3, 0.4) is 0 Å². The fourth-order valence-corrected chi connectivity index (χ4v) is 3.51. The fourth-order valence-electron chi connectivity index (χ4n) is 3.51. The van der Waals surface area contributed by atoms with Gasteiger partial charge in [-0.15, -0.1) is 0 Å². The predicted molar refractivity (Wildman–Crippen MR) is 113 cm³/mol. The van der Waals surface area contributed by atoms with E-state index in [0.29, 0.717) is 42.7 Å². The van der Waals surface area contributed by atoms with Gasteiger partial charge in [0, 0.05) is 18.7 Å². The smallest absolute Gasteiger partial charge is 0.157 e. The van der Waals surface area contributed by atoms with E-state index in [2.05, 4.69) is 25.7 Å². The molecular formula is C21H24FN7O2. The molecule has 1 saturated heterocycles. The van der Waals surface area contributed by atoms with Gasteiger partial charge >= 0.3 is 0 Å². The highest BCUT2D eigenvalue weighted by Crippen LogP contribution is 2.33. The number of hydrogen-bond donors (Lipinski definition) is 2. The molecule has 0 saturated carbocycles. The van der Waals surface area contributed by atoms with Crippen LogP contribution in [0.1, 0.15) is 30.5 Å². The Morgan fingerprint density at radius 3 is 2.84 bits per heavy atom. The van der Waals surface area contributed by atoms with Crippen LogP contribution in [0, 0.1) is 17.1 Å². The molecule has 10 heteroatoms. The molecule has 0 aliphatic carbocycles. The molecule has 1 fully saturated rings. The third kappa shape index (κ3) is 3.89. The van der Waals surface area contributed by atoms with Gasteiger partial charge in [0.2, 0.25) is 0 Å². The number of nitriles is 1. The Balaban J connectivity index is 1.81. The summed E-state index contributed by atoms with van der Waals surface area (Å²) in [6.45, 7) is 3.82. The summed E-state index contributed by atoms with van der Waals surface area (Å²) < 4.78 is 27.3. The molecule has 31 heavy (non-hydrogen) atoms. The lowest BCUT2D eigenvalue weighted by Crippen LogP contribution is -2.31. The molecule has 4 heterocycles. The zero-order chi connectivity index (χ0) is 22.0. The lowest BCUT2D eigenvalue weighted by atomic mass is 10.0. The van der Waals surface area contributed by atoms with Crippen molar-refractivity contribution in [3.63, 3.8) is 0 Å². The second-order valence-corrected chi connectivity index (χ2v) is 7.38. The largest absolute Gasteiger partial charge is 0.495 e. The van der Waals surface area contributed by atoms with Crippen molar-refractivity contribution in [1.82, 2.24) is 24.9 Å². The summed E-state index contributed by atoms with van der Waals surface area (Å²) >= 11 is 0. The average molecular weight is 425 g/mol. The minimum atomic E-state index is -0.614. The van der Waals surface area contributed by atoms with Gasteiger partial charge in [-0.1, -0.05) is 6.92 Å². The van der Waals surface area contributed by atoms with Gasteiger partial charge in [0.15, 0.2) is 11.5 Å². The van der Waals surface area contributed by atoms with Crippen molar-refractivity contribution in [2.45, 2.75) is 25.3 Å². The summed E-state index contributed by atoms with van der Waals surface area (Å²) in [6, 6.07) is 5.02. The van der Waals surface area contributed by atoms with Crippen molar-refractivity contribution in [3.8, 4) is 23.2 Å². The van der Waals surface area contributed by atoms with E-state index in [4.69, 9.17) is 9.47 Å². The first-order chi connectivity index (χ1) is 15.1. The van der Waals surface area contributed by atoms with Crippen LogP contribution in [-0.4, -0.2) is 59.5 Å². The molecule has 0 amide bonds. The molecule has 1 aliphatic heterocycles. The Morgan fingerprint density at radius 1 is 1.42 bits per heavy atom. The number of nitrogens with zero attached hydrogens (tertiary/aromatic N) is 5. The van der Waals surface area contributed by atoms with Gasteiger partial charge in [0.05, 0.1) is 38.0 Å². The van der Waals surface area contributed by atoms with Crippen LogP contribution in [0.5, 0.6) is 5.75 Å². The van der Waals surface area contributed by atoms with Crippen LogP contribution in [0.25, 0.3) is 17.0 Å². The average Bonchev–Trinajstić information content (AvgIpc) is 3.14. The van der Waals surface area contributed by atoms with Gasteiger partial charge in [0.1, 0.15) is 34.7 Å². The first kappa shape index (κ1) is 21.0. The van der Waals surface area contributed by atoms with Gasteiger partial charge in [-0.25, -0.2) is 18.9 Å².